The summed E-state index contributed by atoms with van der Waals surface area (Å²) >= 11 is 0. The maximum atomic E-state index is 13.0. The zero-order chi connectivity index (χ0) is 23.5. The molecule has 0 atom stereocenters. The van der Waals surface area contributed by atoms with Gasteiger partial charge in [-0.05, 0) is 61.2 Å². The number of Topliss-reactive ketones (excluding diaryl/α,β-unsaturated/α-hetero) is 2. The van der Waals surface area contributed by atoms with E-state index in [0.29, 0.717) is 37.2 Å². The summed E-state index contributed by atoms with van der Waals surface area (Å²) in [5.41, 5.74) is 0.599. The average Bonchev–Trinajstić information content (AvgIpc) is 2.75. The van der Waals surface area contributed by atoms with Gasteiger partial charge in [0, 0.05) is 25.3 Å². The number of aliphatic hydroxyl groups is 2. The van der Waals surface area contributed by atoms with Crippen LogP contribution in [-0.2, 0) is 16.0 Å². The van der Waals surface area contributed by atoms with Crippen LogP contribution >= 0.6 is 0 Å². The maximum absolute atomic E-state index is 13.0. The highest BCUT2D eigenvalue weighted by Gasteiger charge is 2.22. The Morgan fingerprint density at radius 1 is 0.844 bits per heavy atom. The average molecular weight is 441 g/mol. The van der Waals surface area contributed by atoms with Gasteiger partial charge in [-0.15, -0.1) is 0 Å². The van der Waals surface area contributed by atoms with E-state index in [9.17, 15) is 24.2 Å². The van der Waals surface area contributed by atoms with Crippen LogP contribution in [0, 0.1) is 5.82 Å². The van der Waals surface area contributed by atoms with E-state index < -0.39 is 17.3 Å². The fraction of sp³-hybridized carbons (Fsp3) is 0.308. The van der Waals surface area contributed by atoms with Crippen molar-refractivity contribution in [2.24, 2.45) is 0 Å². The first kappa shape index (κ1) is 24.9. The van der Waals surface area contributed by atoms with E-state index in [1.54, 1.807) is 24.3 Å². The summed E-state index contributed by atoms with van der Waals surface area (Å²) in [6.07, 6.45) is 3.20. The molecule has 0 amide bonds. The first-order valence-electron chi connectivity index (χ1n) is 10.8. The zero-order valence-corrected chi connectivity index (χ0v) is 18.4. The Hall–Kier alpha value is -3.41. The number of carbonyl (C=O) groups excluding carboxylic acids is 2. The van der Waals surface area contributed by atoms with Crippen LogP contribution in [0.4, 0.5) is 4.39 Å². The molecule has 0 fully saturated rings. The van der Waals surface area contributed by atoms with Gasteiger partial charge in [0.25, 0.3) is 0 Å². The number of carbonyl (C=O) groups is 2. The van der Waals surface area contributed by atoms with E-state index in [1.807, 2.05) is 13.8 Å². The van der Waals surface area contributed by atoms with Crippen LogP contribution in [0.5, 0.6) is 11.5 Å². The van der Waals surface area contributed by atoms with Crippen LogP contribution in [0.25, 0.3) is 0 Å². The SMILES string of the molecule is CCCC(=O)/C(C(=O)CCc1ccc(Oc2ccc(F)cc2)cc1)=C(O)\C=C(\O)CCC. The molecule has 2 N–H and O–H groups in total. The number of benzene rings is 2. The van der Waals surface area contributed by atoms with Crippen molar-refractivity contribution < 1.29 is 28.9 Å². The number of hydrogen-bond acceptors (Lipinski definition) is 5. The van der Waals surface area contributed by atoms with Crippen LogP contribution in [0.2, 0.25) is 0 Å². The normalized spacial score (nSPS) is 12.3. The molecule has 170 valence electrons. The van der Waals surface area contributed by atoms with E-state index in [4.69, 9.17) is 4.74 Å². The quantitative estimate of drug-likeness (QED) is 0.129. The van der Waals surface area contributed by atoms with Crippen LogP contribution in [0.1, 0.15) is 51.5 Å². The number of aliphatic hydroxyl groups excluding tert-OH is 2. The number of rotatable bonds is 12. The van der Waals surface area contributed by atoms with E-state index in [1.165, 1.54) is 24.3 Å². The van der Waals surface area contributed by atoms with Crippen molar-refractivity contribution in [3.05, 3.63) is 83.1 Å². The van der Waals surface area contributed by atoms with E-state index in [-0.39, 0.29) is 30.0 Å². The molecule has 5 nitrogen and oxygen atoms in total. The second-order valence-corrected chi connectivity index (χ2v) is 7.44. The van der Waals surface area contributed by atoms with Gasteiger partial charge in [-0.3, -0.25) is 9.59 Å². The topological polar surface area (TPSA) is 83.8 Å². The Morgan fingerprint density at radius 3 is 1.94 bits per heavy atom. The largest absolute Gasteiger partial charge is 0.512 e. The monoisotopic (exact) mass is 440 g/mol. The lowest BCUT2D eigenvalue weighted by Gasteiger charge is -2.09. The lowest BCUT2D eigenvalue weighted by atomic mass is 9.96. The van der Waals surface area contributed by atoms with Gasteiger partial charge in [0.15, 0.2) is 11.6 Å². The standard InChI is InChI=1S/C26H29FO5/c1-3-5-20(28)17-25(31)26(23(29)6-4-2)24(30)16-9-18-7-12-21(13-8-18)32-22-14-10-19(27)11-15-22/h7-8,10-15,17,28,31H,3-6,9,16H2,1-2H3/b20-17+,26-25-. The second kappa shape index (κ2) is 12.4. The summed E-state index contributed by atoms with van der Waals surface area (Å²) in [4.78, 5) is 25.2. The van der Waals surface area contributed by atoms with Gasteiger partial charge in [-0.2, -0.15) is 0 Å². The molecule has 0 bridgehead atoms. The van der Waals surface area contributed by atoms with E-state index in [0.717, 1.165) is 11.6 Å². The van der Waals surface area contributed by atoms with E-state index >= 15 is 0 Å². The summed E-state index contributed by atoms with van der Waals surface area (Å²) < 4.78 is 18.6. The third-order valence-electron chi connectivity index (χ3n) is 4.71. The molecule has 2 aromatic rings. The molecule has 0 spiro atoms. The van der Waals surface area contributed by atoms with Crippen molar-refractivity contribution in [3.63, 3.8) is 0 Å². The Labute approximate surface area is 187 Å². The molecule has 0 unspecified atom stereocenters. The molecule has 0 saturated heterocycles. The van der Waals surface area contributed by atoms with Crippen LogP contribution in [-0.4, -0.2) is 21.8 Å². The van der Waals surface area contributed by atoms with Gasteiger partial charge < -0.3 is 14.9 Å². The van der Waals surface area contributed by atoms with Crippen molar-refractivity contribution >= 4 is 11.6 Å². The Kier molecular flexibility index (Phi) is 9.67. The minimum absolute atomic E-state index is 0.0371. The number of hydrogen-bond donors (Lipinski definition) is 2. The van der Waals surface area contributed by atoms with Crippen molar-refractivity contribution in [3.8, 4) is 11.5 Å². The van der Waals surface area contributed by atoms with Gasteiger partial charge in [-0.25, -0.2) is 4.39 Å². The molecule has 2 rings (SSSR count). The van der Waals surface area contributed by atoms with E-state index in [2.05, 4.69) is 0 Å². The fourth-order valence-corrected chi connectivity index (χ4v) is 3.10. The third kappa shape index (κ3) is 7.69. The summed E-state index contributed by atoms with van der Waals surface area (Å²) in [6, 6.07) is 12.8. The number of allylic oxidation sites excluding steroid dienone is 3. The zero-order valence-electron chi connectivity index (χ0n) is 18.4. The number of aryl methyl sites for hydroxylation is 1. The molecule has 6 heteroatoms. The maximum Gasteiger partial charge on any atom is 0.170 e. The molecule has 2 aromatic carbocycles. The van der Waals surface area contributed by atoms with Gasteiger partial charge in [0.05, 0.1) is 5.76 Å². The highest BCUT2D eigenvalue weighted by atomic mass is 19.1. The minimum Gasteiger partial charge on any atom is -0.512 e. The molecule has 0 heterocycles. The number of ketones is 2. The highest BCUT2D eigenvalue weighted by molar-refractivity contribution is 6.20. The fourth-order valence-electron chi connectivity index (χ4n) is 3.10. The Morgan fingerprint density at radius 2 is 1.38 bits per heavy atom. The smallest absolute Gasteiger partial charge is 0.170 e. The van der Waals surface area contributed by atoms with Crippen LogP contribution < -0.4 is 4.74 Å². The molecular weight excluding hydrogens is 411 g/mol. The predicted octanol–water partition coefficient (Wildman–Crippen LogP) is 6.54. The van der Waals surface area contributed by atoms with Crippen molar-refractivity contribution in [2.45, 2.75) is 52.4 Å². The van der Waals surface area contributed by atoms with Crippen molar-refractivity contribution in [1.29, 1.82) is 0 Å². The molecule has 0 aliphatic rings. The minimum atomic E-state index is -0.484. The first-order chi connectivity index (χ1) is 15.3. The van der Waals surface area contributed by atoms with Crippen molar-refractivity contribution in [2.75, 3.05) is 0 Å². The second-order valence-electron chi connectivity index (χ2n) is 7.44. The Bertz CT molecular complexity index is 972. The van der Waals surface area contributed by atoms with Gasteiger partial charge >= 0.3 is 0 Å². The molecule has 0 saturated carbocycles. The molecular formula is C26H29FO5. The molecule has 0 radical (unpaired) electrons. The Balaban J connectivity index is 2.07. The summed E-state index contributed by atoms with van der Waals surface area (Å²) in [5, 5.41) is 20.2. The van der Waals surface area contributed by atoms with Gasteiger partial charge in [0.2, 0.25) is 0 Å². The van der Waals surface area contributed by atoms with Gasteiger partial charge in [0.1, 0.15) is 28.6 Å². The lowest BCUT2D eigenvalue weighted by Crippen LogP contribution is -2.16. The first-order valence-corrected chi connectivity index (χ1v) is 10.8. The number of ether oxygens (including phenoxy) is 1. The van der Waals surface area contributed by atoms with Crippen LogP contribution in [0.15, 0.2) is 71.7 Å². The van der Waals surface area contributed by atoms with Gasteiger partial charge in [-0.1, -0.05) is 26.0 Å². The number of halogens is 1. The van der Waals surface area contributed by atoms with Crippen LogP contribution in [0.3, 0.4) is 0 Å². The summed E-state index contributed by atoms with van der Waals surface area (Å²) in [6.45, 7) is 3.69. The summed E-state index contributed by atoms with van der Waals surface area (Å²) in [5.74, 6) is -0.719. The molecule has 0 aromatic heterocycles. The summed E-state index contributed by atoms with van der Waals surface area (Å²) in [7, 11) is 0. The lowest BCUT2D eigenvalue weighted by molar-refractivity contribution is -0.121. The third-order valence-corrected chi connectivity index (χ3v) is 4.71. The predicted molar refractivity (Wildman–Crippen MR) is 121 cm³/mol. The highest BCUT2D eigenvalue weighted by Crippen LogP contribution is 2.23. The molecule has 0 aliphatic carbocycles. The molecule has 32 heavy (non-hydrogen) atoms. The molecule has 0 aliphatic heterocycles. The van der Waals surface area contributed by atoms with Crippen molar-refractivity contribution in [1.82, 2.24) is 0 Å².